The largest absolute Gasteiger partial charge is 0.113 e. The molecule has 0 aliphatic rings. The fourth-order valence-corrected chi connectivity index (χ4v) is 1.94. The van der Waals surface area contributed by atoms with Gasteiger partial charge in [-0.25, -0.2) is 0 Å². The zero-order valence-corrected chi connectivity index (χ0v) is 9.29. The van der Waals surface area contributed by atoms with Gasteiger partial charge in [-0.1, -0.05) is 56.4 Å². The van der Waals surface area contributed by atoms with Gasteiger partial charge >= 0.3 is 0 Å². The first kappa shape index (κ1) is 11.4. The number of benzene rings is 1. The summed E-state index contributed by atoms with van der Waals surface area (Å²) < 4.78 is 0. The van der Waals surface area contributed by atoms with E-state index in [1.807, 2.05) is 12.1 Å². The zero-order valence-electron chi connectivity index (χ0n) is 9.29. The van der Waals surface area contributed by atoms with E-state index in [-0.39, 0.29) is 0 Å². The minimum atomic E-state index is 0.727. The van der Waals surface area contributed by atoms with Crippen molar-refractivity contribution in [2.45, 2.75) is 45.4 Å². The van der Waals surface area contributed by atoms with E-state index in [0.717, 1.165) is 11.4 Å². The Kier molecular flexibility index (Phi) is 4.79. The van der Waals surface area contributed by atoms with E-state index >= 15 is 0 Å². The second kappa shape index (κ2) is 5.90. The molecule has 0 fully saturated rings. The Morgan fingerprint density at radius 1 is 1.00 bits per heavy atom. The molecule has 1 aromatic carbocycles. The van der Waals surface area contributed by atoms with Crippen LogP contribution in [0.15, 0.2) is 24.3 Å². The van der Waals surface area contributed by atoms with Crippen molar-refractivity contribution in [3.05, 3.63) is 29.8 Å². The molecular formula is C13H19B. The molecule has 0 aliphatic carbocycles. The Hall–Kier alpha value is -0.715. The molecule has 0 aliphatic heterocycles. The smallest absolute Gasteiger partial charge is 0.0967 e. The van der Waals surface area contributed by atoms with E-state index in [9.17, 15) is 0 Å². The van der Waals surface area contributed by atoms with Crippen LogP contribution >= 0.6 is 0 Å². The van der Waals surface area contributed by atoms with Gasteiger partial charge in [0.15, 0.2) is 0 Å². The van der Waals surface area contributed by atoms with Gasteiger partial charge in [0.25, 0.3) is 0 Å². The van der Waals surface area contributed by atoms with Crippen molar-refractivity contribution in [3.8, 4) is 0 Å². The van der Waals surface area contributed by atoms with Crippen molar-refractivity contribution in [3.63, 3.8) is 0 Å². The minimum absolute atomic E-state index is 0.727. The van der Waals surface area contributed by atoms with Gasteiger partial charge in [-0.05, 0) is 24.3 Å². The maximum Gasteiger partial charge on any atom is 0.113 e. The number of hydrogen-bond donors (Lipinski definition) is 0. The normalized spacial score (nSPS) is 10.8. The summed E-state index contributed by atoms with van der Waals surface area (Å²) in [5.74, 6) is 0.727. The van der Waals surface area contributed by atoms with Crippen molar-refractivity contribution >= 4 is 13.3 Å². The van der Waals surface area contributed by atoms with E-state index in [0.29, 0.717) is 0 Å². The van der Waals surface area contributed by atoms with Crippen LogP contribution in [0.3, 0.4) is 0 Å². The fraction of sp³-hybridized carbons (Fsp3) is 0.538. The molecule has 0 aromatic heterocycles. The van der Waals surface area contributed by atoms with Crippen LogP contribution < -0.4 is 5.46 Å². The van der Waals surface area contributed by atoms with Crippen LogP contribution in [0.25, 0.3) is 0 Å². The minimum Gasteiger partial charge on any atom is -0.0967 e. The quantitative estimate of drug-likeness (QED) is 0.619. The molecule has 2 radical (unpaired) electrons. The standard InChI is InChI=1S/C13H19B/c1-3-5-11(6-4-2)12-7-9-13(14)10-8-12/h7-11H,3-6H2,1-2H3. The molecule has 14 heavy (non-hydrogen) atoms. The van der Waals surface area contributed by atoms with Crippen LogP contribution in [0.2, 0.25) is 0 Å². The summed E-state index contributed by atoms with van der Waals surface area (Å²) in [7, 11) is 5.67. The van der Waals surface area contributed by atoms with Crippen LogP contribution in [-0.4, -0.2) is 7.85 Å². The summed E-state index contributed by atoms with van der Waals surface area (Å²) in [5.41, 5.74) is 2.31. The van der Waals surface area contributed by atoms with Crippen molar-refractivity contribution < 1.29 is 0 Å². The summed E-state index contributed by atoms with van der Waals surface area (Å²) in [4.78, 5) is 0. The predicted octanol–water partition coefficient (Wildman–Crippen LogP) is 3.16. The Bertz CT molecular complexity index is 244. The lowest BCUT2D eigenvalue weighted by Crippen LogP contribution is -2.04. The van der Waals surface area contributed by atoms with Gasteiger partial charge in [0, 0.05) is 0 Å². The summed E-state index contributed by atoms with van der Waals surface area (Å²) >= 11 is 0. The van der Waals surface area contributed by atoms with Gasteiger partial charge < -0.3 is 0 Å². The van der Waals surface area contributed by atoms with E-state index < -0.39 is 0 Å². The number of hydrogen-bond acceptors (Lipinski definition) is 0. The first-order chi connectivity index (χ1) is 6.77. The average Bonchev–Trinajstić information content (AvgIpc) is 2.19. The lowest BCUT2D eigenvalue weighted by molar-refractivity contribution is 0.561. The highest BCUT2D eigenvalue weighted by molar-refractivity contribution is 6.32. The molecular weight excluding hydrogens is 167 g/mol. The van der Waals surface area contributed by atoms with E-state index in [4.69, 9.17) is 7.85 Å². The molecule has 1 aromatic rings. The fourth-order valence-electron chi connectivity index (χ4n) is 1.94. The first-order valence-electron chi connectivity index (χ1n) is 5.63. The lowest BCUT2D eigenvalue weighted by Gasteiger charge is -2.15. The van der Waals surface area contributed by atoms with Gasteiger partial charge in [-0.15, -0.1) is 0 Å². The topological polar surface area (TPSA) is 0 Å². The van der Waals surface area contributed by atoms with Gasteiger partial charge in [-0.3, -0.25) is 0 Å². The molecule has 0 atom stereocenters. The third-order valence-corrected chi connectivity index (χ3v) is 2.68. The average molecular weight is 186 g/mol. The third-order valence-electron chi connectivity index (χ3n) is 2.68. The van der Waals surface area contributed by atoms with E-state index in [1.54, 1.807) is 0 Å². The summed E-state index contributed by atoms with van der Waals surface area (Å²) in [6, 6.07) is 8.36. The Morgan fingerprint density at radius 3 is 1.93 bits per heavy atom. The third kappa shape index (κ3) is 3.21. The van der Waals surface area contributed by atoms with Crippen LogP contribution in [0.4, 0.5) is 0 Å². The summed E-state index contributed by atoms with van der Waals surface area (Å²) in [5, 5.41) is 0. The maximum atomic E-state index is 5.67. The predicted molar refractivity (Wildman–Crippen MR) is 64.4 cm³/mol. The molecule has 74 valence electrons. The number of rotatable bonds is 5. The second-order valence-electron chi connectivity index (χ2n) is 3.94. The highest BCUT2D eigenvalue weighted by Gasteiger charge is 2.08. The van der Waals surface area contributed by atoms with Gasteiger partial charge in [0.2, 0.25) is 0 Å². The summed E-state index contributed by atoms with van der Waals surface area (Å²) in [6.45, 7) is 4.50. The second-order valence-corrected chi connectivity index (χ2v) is 3.94. The van der Waals surface area contributed by atoms with E-state index in [2.05, 4.69) is 26.0 Å². The van der Waals surface area contributed by atoms with Crippen molar-refractivity contribution in [2.75, 3.05) is 0 Å². The van der Waals surface area contributed by atoms with Gasteiger partial charge in [0.05, 0.1) is 0 Å². The van der Waals surface area contributed by atoms with Crippen LogP contribution in [0.1, 0.15) is 51.0 Å². The van der Waals surface area contributed by atoms with E-state index in [1.165, 1.54) is 31.2 Å². The van der Waals surface area contributed by atoms with Crippen LogP contribution in [-0.2, 0) is 0 Å². The Labute approximate surface area is 89.1 Å². The summed E-state index contributed by atoms with van der Waals surface area (Å²) in [6.07, 6.45) is 5.10. The Balaban J connectivity index is 2.71. The molecule has 0 spiro atoms. The van der Waals surface area contributed by atoms with Crippen molar-refractivity contribution in [1.82, 2.24) is 0 Å². The monoisotopic (exact) mass is 186 g/mol. The molecule has 0 unspecified atom stereocenters. The van der Waals surface area contributed by atoms with Crippen LogP contribution in [0, 0.1) is 0 Å². The molecule has 1 heteroatoms. The molecule has 0 amide bonds. The SMILES string of the molecule is [B]c1ccc(C(CCC)CCC)cc1. The molecule has 0 N–H and O–H groups in total. The lowest BCUT2D eigenvalue weighted by atomic mass is 9.87. The molecule has 0 saturated carbocycles. The van der Waals surface area contributed by atoms with Gasteiger partial charge in [0.1, 0.15) is 7.85 Å². The zero-order chi connectivity index (χ0) is 10.4. The molecule has 0 saturated heterocycles. The molecule has 0 bridgehead atoms. The van der Waals surface area contributed by atoms with Crippen molar-refractivity contribution in [1.29, 1.82) is 0 Å². The highest BCUT2D eigenvalue weighted by Crippen LogP contribution is 2.25. The van der Waals surface area contributed by atoms with Gasteiger partial charge in [-0.2, -0.15) is 0 Å². The maximum absolute atomic E-state index is 5.67. The molecule has 0 heterocycles. The van der Waals surface area contributed by atoms with Crippen LogP contribution in [0.5, 0.6) is 0 Å². The molecule has 0 nitrogen and oxygen atoms in total. The van der Waals surface area contributed by atoms with Crippen molar-refractivity contribution in [2.24, 2.45) is 0 Å². The first-order valence-corrected chi connectivity index (χ1v) is 5.63. The molecule has 1 rings (SSSR count). The highest BCUT2D eigenvalue weighted by atomic mass is 14.1. The Morgan fingerprint density at radius 2 is 1.50 bits per heavy atom.